The van der Waals surface area contributed by atoms with Gasteiger partial charge in [-0.15, -0.1) is 0 Å². The summed E-state index contributed by atoms with van der Waals surface area (Å²) in [6.07, 6.45) is 2.41. The van der Waals surface area contributed by atoms with Crippen LogP contribution in [0.5, 0.6) is 11.8 Å². The minimum Gasteiger partial charge on any atom is -0.424 e. The molecule has 0 unspecified atom stereocenters. The van der Waals surface area contributed by atoms with Crippen LogP contribution in [0, 0.1) is 0 Å². The van der Waals surface area contributed by atoms with Gasteiger partial charge in [0.1, 0.15) is 5.75 Å². The molecule has 0 fully saturated rings. The zero-order valence-corrected chi connectivity index (χ0v) is 18.6. The van der Waals surface area contributed by atoms with E-state index in [0.29, 0.717) is 30.1 Å². The van der Waals surface area contributed by atoms with Crippen LogP contribution in [-0.2, 0) is 32.6 Å². The number of alkyl halides is 3. The summed E-state index contributed by atoms with van der Waals surface area (Å²) in [5, 5.41) is 4.46. The monoisotopic (exact) mass is 490 g/mol. The second kappa shape index (κ2) is 9.64. The van der Waals surface area contributed by atoms with Gasteiger partial charge in [0, 0.05) is 31.2 Å². The second-order valence-corrected chi connectivity index (χ2v) is 7.84. The molecule has 4 rings (SSSR count). The van der Waals surface area contributed by atoms with Gasteiger partial charge >= 0.3 is 17.9 Å². The molecule has 3 aromatic heterocycles. The predicted molar refractivity (Wildman–Crippen MR) is 117 cm³/mol. The quantitative estimate of drug-likeness (QED) is 0.388. The molecular formula is C22H18ClF3N6O2. The first-order valence-corrected chi connectivity index (χ1v) is 10.5. The van der Waals surface area contributed by atoms with E-state index in [1.54, 1.807) is 54.6 Å². The van der Waals surface area contributed by atoms with E-state index < -0.39 is 23.6 Å². The first kappa shape index (κ1) is 23.4. The molecule has 3 heterocycles. The molecule has 0 aliphatic heterocycles. The number of rotatable bonds is 7. The molecule has 176 valence electrons. The molecule has 0 amide bonds. The smallest absolute Gasteiger partial charge is 0.424 e. The Morgan fingerprint density at radius 3 is 2.47 bits per heavy atom. The minimum atomic E-state index is -4.58. The largest absolute Gasteiger partial charge is 0.433 e. The molecule has 34 heavy (non-hydrogen) atoms. The molecule has 0 spiro atoms. The third-order valence-corrected chi connectivity index (χ3v) is 5.16. The number of hydrogen-bond donors (Lipinski definition) is 0. The lowest BCUT2D eigenvalue weighted by molar-refractivity contribution is -0.141. The maximum atomic E-state index is 12.8. The predicted octanol–water partition coefficient (Wildman–Crippen LogP) is 4.06. The molecule has 4 aromatic rings. The van der Waals surface area contributed by atoms with Crippen molar-refractivity contribution in [2.75, 3.05) is 0 Å². The number of aromatic nitrogens is 6. The van der Waals surface area contributed by atoms with Gasteiger partial charge in [0.25, 0.3) is 0 Å². The molecule has 0 radical (unpaired) electrons. The van der Waals surface area contributed by atoms with Gasteiger partial charge in [-0.1, -0.05) is 23.7 Å². The van der Waals surface area contributed by atoms with Gasteiger partial charge in [-0.2, -0.15) is 28.2 Å². The van der Waals surface area contributed by atoms with Gasteiger partial charge in [-0.3, -0.25) is 9.25 Å². The van der Waals surface area contributed by atoms with Gasteiger partial charge in [-0.25, -0.2) is 9.78 Å². The van der Waals surface area contributed by atoms with Crippen LogP contribution in [0.3, 0.4) is 0 Å². The van der Waals surface area contributed by atoms with Crippen molar-refractivity contribution in [2.45, 2.75) is 25.6 Å². The van der Waals surface area contributed by atoms with E-state index in [4.69, 9.17) is 16.3 Å². The van der Waals surface area contributed by atoms with Crippen LogP contribution in [-0.4, -0.2) is 29.3 Å². The number of benzene rings is 1. The Bertz CT molecular complexity index is 1350. The Hall–Kier alpha value is -3.73. The normalized spacial score (nSPS) is 11.6. The Morgan fingerprint density at radius 2 is 1.79 bits per heavy atom. The van der Waals surface area contributed by atoms with Crippen LogP contribution in [0.1, 0.15) is 22.5 Å². The van der Waals surface area contributed by atoms with E-state index in [-0.39, 0.29) is 5.75 Å². The van der Waals surface area contributed by atoms with Crippen LogP contribution >= 0.6 is 11.6 Å². The zero-order chi connectivity index (χ0) is 24.3. The fraction of sp³-hybridized carbons (Fsp3) is 0.227. The first-order valence-electron chi connectivity index (χ1n) is 10.1. The molecule has 0 aliphatic rings. The SMILES string of the molecule is Cn1cc(Cn2cc(Cl)c(CCc3ccc(Oc4nccc(C(F)(F)F)n4)cc3)nc2=O)cn1. The van der Waals surface area contributed by atoms with Gasteiger partial charge in [0.15, 0.2) is 5.69 Å². The summed E-state index contributed by atoms with van der Waals surface area (Å²) in [4.78, 5) is 23.6. The molecular weight excluding hydrogens is 473 g/mol. The van der Waals surface area contributed by atoms with Crippen LogP contribution in [0.2, 0.25) is 5.02 Å². The van der Waals surface area contributed by atoms with E-state index in [1.807, 2.05) is 0 Å². The van der Waals surface area contributed by atoms with Gasteiger partial charge in [0.2, 0.25) is 0 Å². The topological polar surface area (TPSA) is 87.7 Å². The lowest BCUT2D eigenvalue weighted by Gasteiger charge is -2.09. The fourth-order valence-electron chi connectivity index (χ4n) is 3.18. The van der Waals surface area contributed by atoms with E-state index in [9.17, 15) is 18.0 Å². The van der Waals surface area contributed by atoms with E-state index >= 15 is 0 Å². The summed E-state index contributed by atoms with van der Waals surface area (Å²) in [5.41, 5.74) is 0.739. The van der Waals surface area contributed by atoms with Crippen LogP contribution in [0.4, 0.5) is 13.2 Å². The maximum Gasteiger partial charge on any atom is 0.433 e. The molecule has 8 nitrogen and oxygen atoms in total. The highest BCUT2D eigenvalue weighted by Gasteiger charge is 2.33. The maximum absolute atomic E-state index is 12.8. The van der Waals surface area contributed by atoms with Crippen molar-refractivity contribution >= 4 is 11.6 Å². The number of nitrogens with zero attached hydrogens (tertiary/aromatic N) is 6. The third kappa shape index (κ3) is 5.79. The fourth-order valence-corrected chi connectivity index (χ4v) is 3.43. The summed E-state index contributed by atoms with van der Waals surface area (Å²) in [6.45, 7) is 0.316. The van der Waals surface area contributed by atoms with Crippen LogP contribution in [0.25, 0.3) is 0 Å². The van der Waals surface area contributed by atoms with Gasteiger partial charge in [0.05, 0.1) is 23.5 Å². The van der Waals surface area contributed by atoms with E-state index in [0.717, 1.165) is 23.4 Å². The van der Waals surface area contributed by atoms with Crippen molar-refractivity contribution in [3.8, 4) is 11.8 Å². The van der Waals surface area contributed by atoms with E-state index in [1.165, 1.54) is 4.57 Å². The average molecular weight is 491 g/mol. The van der Waals surface area contributed by atoms with Crippen molar-refractivity contribution in [3.63, 3.8) is 0 Å². The standard InChI is InChI=1S/C22H18ClF3N6O2/c1-31-11-15(10-28-31)12-32-13-17(23)18(29-21(32)33)7-4-14-2-5-16(6-3-14)34-20-27-9-8-19(30-20)22(24,25)26/h2-3,5-6,8-11,13H,4,7,12H2,1H3. The molecule has 0 bridgehead atoms. The number of halogens is 4. The highest BCUT2D eigenvalue weighted by molar-refractivity contribution is 6.31. The van der Waals surface area contributed by atoms with Gasteiger partial charge < -0.3 is 4.74 Å². The van der Waals surface area contributed by atoms with Crippen molar-refractivity contribution < 1.29 is 17.9 Å². The van der Waals surface area contributed by atoms with Crippen molar-refractivity contribution in [1.82, 2.24) is 29.3 Å². The number of hydrogen-bond acceptors (Lipinski definition) is 6. The number of aryl methyl sites for hydroxylation is 3. The molecule has 0 saturated heterocycles. The van der Waals surface area contributed by atoms with Crippen molar-refractivity contribution in [3.05, 3.63) is 93.1 Å². The zero-order valence-electron chi connectivity index (χ0n) is 17.8. The molecule has 0 aliphatic carbocycles. The lowest BCUT2D eigenvalue weighted by atomic mass is 10.1. The highest BCUT2D eigenvalue weighted by atomic mass is 35.5. The van der Waals surface area contributed by atoms with Crippen molar-refractivity contribution in [2.24, 2.45) is 7.05 Å². The Labute approximate surface area is 196 Å². The lowest BCUT2D eigenvalue weighted by Crippen LogP contribution is -2.24. The van der Waals surface area contributed by atoms with E-state index in [2.05, 4.69) is 20.1 Å². The Morgan fingerprint density at radius 1 is 1.03 bits per heavy atom. The van der Waals surface area contributed by atoms with Crippen molar-refractivity contribution in [1.29, 1.82) is 0 Å². The van der Waals surface area contributed by atoms with Crippen LogP contribution < -0.4 is 10.4 Å². The summed E-state index contributed by atoms with van der Waals surface area (Å²) < 4.78 is 46.7. The molecule has 0 N–H and O–H groups in total. The third-order valence-electron chi connectivity index (χ3n) is 4.84. The first-order chi connectivity index (χ1) is 16.2. The summed E-state index contributed by atoms with van der Waals surface area (Å²) in [5.74, 6) is 0.289. The minimum absolute atomic E-state index is 0.289. The molecule has 1 aromatic carbocycles. The molecule has 0 saturated carbocycles. The van der Waals surface area contributed by atoms with Gasteiger partial charge in [-0.05, 0) is 36.6 Å². The average Bonchev–Trinajstić information content (AvgIpc) is 3.20. The number of ether oxygens (including phenoxy) is 1. The summed E-state index contributed by atoms with van der Waals surface area (Å²) in [6, 6.07) is 7.07. The second-order valence-electron chi connectivity index (χ2n) is 7.44. The Balaban J connectivity index is 1.39. The van der Waals surface area contributed by atoms with Crippen LogP contribution in [0.15, 0.2) is 59.9 Å². The Kier molecular flexibility index (Phi) is 6.64. The highest BCUT2D eigenvalue weighted by Crippen LogP contribution is 2.29. The molecule has 0 atom stereocenters. The molecule has 12 heteroatoms. The summed E-state index contributed by atoms with van der Waals surface area (Å²) >= 11 is 6.34. The summed E-state index contributed by atoms with van der Waals surface area (Å²) in [7, 11) is 1.79.